The summed E-state index contributed by atoms with van der Waals surface area (Å²) < 4.78 is 3.79. The third kappa shape index (κ3) is 5.01. The first-order chi connectivity index (χ1) is 14.3. The normalized spacial score (nSPS) is 12.3. The van der Waals surface area contributed by atoms with Gasteiger partial charge in [-0.05, 0) is 56.1 Å². The number of hydrogen-bond donors (Lipinski definition) is 1. The summed E-state index contributed by atoms with van der Waals surface area (Å²) in [5.41, 5.74) is 0.733. The number of hydrogen-bond acceptors (Lipinski definition) is 6. The summed E-state index contributed by atoms with van der Waals surface area (Å²) in [6.45, 7) is 5.85. The number of nitrogens with zero attached hydrogens (tertiary/aromatic N) is 4. The third-order valence-corrected chi connectivity index (χ3v) is 5.48. The first kappa shape index (κ1) is 21.9. The molecule has 0 aliphatic carbocycles. The van der Waals surface area contributed by atoms with Crippen LogP contribution in [0.15, 0.2) is 54.2 Å². The van der Waals surface area contributed by atoms with Crippen molar-refractivity contribution in [1.29, 1.82) is 0 Å². The summed E-state index contributed by atoms with van der Waals surface area (Å²) in [6, 6.07) is 9.32. The fourth-order valence-corrected chi connectivity index (χ4v) is 3.45. The van der Waals surface area contributed by atoms with Gasteiger partial charge in [-0.3, -0.25) is 19.5 Å². The minimum absolute atomic E-state index is 0.149. The fourth-order valence-electron chi connectivity index (χ4n) is 2.84. The first-order valence-electron chi connectivity index (χ1n) is 9.40. The molecule has 2 heterocycles. The van der Waals surface area contributed by atoms with Gasteiger partial charge in [-0.1, -0.05) is 35.1 Å². The molecule has 0 aliphatic rings. The van der Waals surface area contributed by atoms with E-state index in [9.17, 15) is 9.59 Å². The molecule has 1 aromatic carbocycles. The molecular formula is C21H22ClN5O2S. The maximum atomic E-state index is 13.5. The third-order valence-electron chi connectivity index (χ3n) is 4.74. The first-order valence-corrected chi connectivity index (χ1v) is 10.6. The Balaban J connectivity index is 2.15. The number of anilines is 1. The molecule has 0 spiro atoms. The van der Waals surface area contributed by atoms with Crippen LogP contribution in [0.1, 0.15) is 49.3 Å². The Hall–Kier alpha value is -2.84. The summed E-state index contributed by atoms with van der Waals surface area (Å²) >= 11 is 7.27. The van der Waals surface area contributed by atoms with Crippen LogP contribution in [0.5, 0.6) is 0 Å². The molecule has 2 aromatic heterocycles. The number of benzene rings is 1. The Bertz CT molecular complexity index is 1010. The lowest BCUT2D eigenvalue weighted by molar-refractivity contribution is -0.124. The molecule has 0 unspecified atom stereocenters. The predicted octanol–water partition coefficient (Wildman–Crippen LogP) is 4.28. The summed E-state index contributed by atoms with van der Waals surface area (Å²) in [5.74, 6) is -0.782. The van der Waals surface area contributed by atoms with E-state index in [-0.39, 0.29) is 11.6 Å². The quantitative estimate of drug-likeness (QED) is 0.588. The van der Waals surface area contributed by atoms with Gasteiger partial charge < -0.3 is 5.32 Å². The Morgan fingerprint density at radius 2 is 2.07 bits per heavy atom. The number of aromatic nitrogens is 3. The number of amides is 2. The lowest BCUT2D eigenvalue weighted by Crippen LogP contribution is -2.50. The number of carbonyl (C=O) groups excluding carboxylic acids is 2. The van der Waals surface area contributed by atoms with E-state index in [1.54, 1.807) is 54.2 Å². The van der Waals surface area contributed by atoms with Crippen LogP contribution in [0.3, 0.4) is 0 Å². The van der Waals surface area contributed by atoms with Gasteiger partial charge in [-0.2, -0.15) is 0 Å². The monoisotopic (exact) mass is 443 g/mol. The highest BCUT2D eigenvalue weighted by atomic mass is 35.5. The average Bonchev–Trinajstić information content (AvgIpc) is 3.26. The zero-order valence-electron chi connectivity index (χ0n) is 16.9. The van der Waals surface area contributed by atoms with Crippen molar-refractivity contribution in [3.8, 4) is 0 Å². The summed E-state index contributed by atoms with van der Waals surface area (Å²) in [7, 11) is 0. The molecule has 30 heavy (non-hydrogen) atoms. The van der Waals surface area contributed by atoms with Gasteiger partial charge in [0.15, 0.2) is 5.69 Å². The molecule has 0 bridgehead atoms. The lowest BCUT2D eigenvalue weighted by atomic mass is 9.99. The Morgan fingerprint density at radius 1 is 1.27 bits per heavy atom. The van der Waals surface area contributed by atoms with Crippen molar-refractivity contribution in [3.05, 3.63) is 70.5 Å². The van der Waals surface area contributed by atoms with Crippen LogP contribution in [0.25, 0.3) is 0 Å². The largest absolute Gasteiger partial charge is 0.349 e. The second kappa shape index (κ2) is 9.32. The lowest BCUT2D eigenvalue weighted by Gasteiger charge is -2.34. The average molecular weight is 444 g/mol. The van der Waals surface area contributed by atoms with E-state index in [2.05, 4.69) is 19.9 Å². The zero-order chi connectivity index (χ0) is 21.7. The van der Waals surface area contributed by atoms with E-state index in [0.717, 1.165) is 18.0 Å². The standard InChI is InChI=1S/C21H22ClN5O2S/c1-4-21(2,3)24-19(28)18(14-7-6-10-23-12-14)27(16-9-5-8-15(22)11-16)20(29)17-13-30-26-25-17/h5-13,18H,4H2,1-3H3,(H,24,28)/t18-/m0/s1. The van der Waals surface area contributed by atoms with Crippen molar-refractivity contribution in [2.75, 3.05) is 4.90 Å². The fraction of sp³-hybridized carbons (Fsp3) is 0.286. The molecule has 0 aliphatic heterocycles. The zero-order valence-corrected chi connectivity index (χ0v) is 18.4. The molecule has 1 N–H and O–H groups in total. The SMILES string of the molecule is CCC(C)(C)NC(=O)[C@H](c1cccnc1)N(C(=O)c1csnn1)c1cccc(Cl)c1. The van der Waals surface area contributed by atoms with E-state index in [0.29, 0.717) is 16.3 Å². The Labute approximate surface area is 184 Å². The Morgan fingerprint density at radius 3 is 2.67 bits per heavy atom. The van der Waals surface area contributed by atoms with E-state index >= 15 is 0 Å². The minimum atomic E-state index is -0.975. The number of carbonyl (C=O) groups is 2. The number of halogens is 1. The van der Waals surface area contributed by atoms with Crippen LogP contribution in [-0.4, -0.2) is 31.9 Å². The maximum absolute atomic E-state index is 13.5. The predicted molar refractivity (Wildman–Crippen MR) is 118 cm³/mol. The van der Waals surface area contributed by atoms with Gasteiger partial charge >= 0.3 is 0 Å². The summed E-state index contributed by atoms with van der Waals surface area (Å²) in [6.07, 6.45) is 3.91. The molecule has 156 valence electrons. The van der Waals surface area contributed by atoms with Gasteiger partial charge in [0.2, 0.25) is 5.91 Å². The molecule has 2 amide bonds. The number of pyridine rings is 1. The van der Waals surface area contributed by atoms with Crippen molar-refractivity contribution in [2.45, 2.75) is 38.8 Å². The van der Waals surface area contributed by atoms with Gasteiger partial charge in [-0.25, -0.2) is 0 Å². The highest BCUT2D eigenvalue weighted by molar-refractivity contribution is 7.03. The van der Waals surface area contributed by atoms with Crippen LogP contribution in [0, 0.1) is 0 Å². The van der Waals surface area contributed by atoms with Crippen LogP contribution in [0.4, 0.5) is 5.69 Å². The second-order valence-electron chi connectivity index (χ2n) is 7.36. The number of rotatable bonds is 7. The topological polar surface area (TPSA) is 88.1 Å². The van der Waals surface area contributed by atoms with Gasteiger partial charge in [0.25, 0.3) is 5.91 Å². The van der Waals surface area contributed by atoms with E-state index < -0.39 is 17.5 Å². The smallest absolute Gasteiger partial charge is 0.280 e. The van der Waals surface area contributed by atoms with E-state index in [4.69, 9.17) is 11.6 Å². The van der Waals surface area contributed by atoms with Crippen LogP contribution >= 0.6 is 23.1 Å². The molecule has 9 heteroatoms. The summed E-state index contributed by atoms with van der Waals surface area (Å²) in [4.78, 5) is 32.5. The molecule has 3 aromatic rings. The van der Waals surface area contributed by atoms with Gasteiger partial charge in [-0.15, -0.1) is 5.10 Å². The van der Waals surface area contributed by atoms with Crippen molar-refractivity contribution in [1.82, 2.24) is 19.9 Å². The van der Waals surface area contributed by atoms with Gasteiger partial charge in [0.05, 0.1) is 0 Å². The van der Waals surface area contributed by atoms with Crippen LogP contribution in [-0.2, 0) is 4.79 Å². The molecule has 1 atom stereocenters. The van der Waals surface area contributed by atoms with E-state index in [1.807, 2.05) is 20.8 Å². The molecule has 3 rings (SSSR count). The van der Waals surface area contributed by atoms with Gasteiger partial charge in [0, 0.05) is 39.6 Å². The van der Waals surface area contributed by atoms with Gasteiger partial charge in [0.1, 0.15) is 6.04 Å². The van der Waals surface area contributed by atoms with Crippen molar-refractivity contribution < 1.29 is 9.59 Å². The highest BCUT2D eigenvalue weighted by Gasteiger charge is 2.36. The highest BCUT2D eigenvalue weighted by Crippen LogP contribution is 2.31. The maximum Gasteiger partial charge on any atom is 0.280 e. The minimum Gasteiger partial charge on any atom is -0.349 e. The molecule has 0 saturated heterocycles. The molecule has 0 radical (unpaired) electrons. The molecule has 7 nitrogen and oxygen atoms in total. The van der Waals surface area contributed by atoms with Crippen molar-refractivity contribution in [3.63, 3.8) is 0 Å². The second-order valence-corrected chi connectivity index (χ2v) is 8.41. The van der Waals surface area contributed by atoms with E-state index in [1.165, 1.54) is 4.90 Å². The molecular weight excluding hydrogens is 422 g/mol. The van der Waals surface area contributed by atoms with Crippen molar-refractivity contribution in [2.24, 2.45) is 0 Å². The molecule has 0 fully saturated rings. The van der Waals surface area contributed by atoms with Crippen LogP contribution in [0.2, 0.25) is 5.02 Å². The molecule has 0 saturated carbocycles. The Kier molecular flexibility index (Phi) is 6.79. The van der Waals surface area contributed by atoms with Crippen molar-refractivity contribution >= 4 is 40.6 Å². The summed E-state index contributed by atoms with van der Waals surface area (Å²) in [5, 5.41) is 8.95. The van der Waals surface area contributed by atoms with Crippen LogP contribution < -0.4 is 10.2 Å². The number of nitrogens with one attached hydrogen (secondary N) is 1.